The average Bonchev–Trinajstić information content (AvgIpc) is 3.24. The molecule has 4 N–H and O–H groups in total. The number of halogens is 2. The largest absolute Gasteiger partial charge is 0.399 e. The summed E-state index contributed by atoms with van der Waals surface area (Å²) in [5.41, 5.74) is 17.8. The molecule has 1 saturated heterocycles. The highest BCUT2D eigenvalue weighted by Gasteiger charge is 2.22. The number of aryl methyl sites for hydroxylation is 1. The van der Waals surface area contributed by atoms with Crippen LogP contribution in [0.3, 0.4) is 0 Å². The lowest BCUT2D eigenvalue weighted by molar-refractivity contribution is 0.135. The molecule has 5 nitrogen and oxygen atoms in total. The highest BCUT2D eigenvalue weighted by molar-refractivity contribution is 6.36. The number of hydrogen-bond acceptors (Lipinski definition) is 4. The van der Waals surface area contributed by atoms with Gasteiger partial charge in [-0.05, 0) is 67.1 Å². The summed E-state index contributed by atoms with van der Waals surface area (Å²) in [6.07, 6.45) is 14.6. The van der Waals surface area contributed by atoms with Gasteiger partial charge in [0, 0.05) is 84.6 Å². The molecule has 1 unspecified atom stereocenters. The third kappa shape index (κ3) is 5.76. The second-order valence-electron chi connectivity index (χ2n) is 10.2. The lowest BCUT2D eigenvalue weighted by Gasteiger charge is -2.35. The number of fused-ring (bicyclic) bond motifs is 1. The fraction of sp³-hybridized carbons (Fsp3) is 0.448. The lowest BCUT2D eigenvalue weighted by Crippen LogP contribution is -2.46. The van der Waals surface area contributed by atoms with Gasteiger partial charge in [-0.1, -0.05) is 47.5 Å². The van der Waals surface area contributed by atoms with Gasteiger partial charge in [-0.2, -0.15) is 0 Å². The van der Waals surface area contributed by atoms with Crippen molar-refractivity contribution in [2.24, 2.45) is 11.5 Å². The van der Waals surface area contributed by atoms with Crippen molar-refractivity contribution in [1.29, 1.82) is 0 Å². The molecule has 1 atom stereocenters. The van der Waals surface area contributed by atoms with Gasteiger partial charge in [0.15, 0.2) is 0 Å². The molecule has 1 aromatic heterocycles. The highest BCUT2D eigenvalue weighted by atomic mass is 35.5. The Bertz CT molecular complexity index is 1210. The molecule has 192 valence electrons. The van der Waals surface area contributed by atoms with Gasteiger partial charge < -0.3 is 16.0 Å². The molecule has 3 aliphatic rings. The Morgan fingerprint density at radius 3 is 2.47 bits per heavy atom. The van der Waals surface area contributed by atoms with E-state index in [9.17, 15) is 0 Å². The van der Waals surface area contributed by atoms with E-state index in [-0.39, 0.29) is 0 Å². The molecule has 0 radical (unpaired) electrons. The van der Waals surface area contributed by atoms with E-state index in [1.165, 1.54) is 22.0 Å². The first kappa shape index (κ1) is 25.6. The Morgan fingerprint density at radius 2 is 1.78 bits per heavy atom. The topological polar surface area (TPSA) is 63.5 Å². The molecular formula is C29H37Cl2N5. The molecule has 5 rings (SSSR count). The summed E-state index contributed by atoms with van der Waals surface area (Å²) < 4.78 is 2.38. The van der Waals surface area contributed by atoms with E-state index in [0.29, 0.717) is 12.5 Å². The maximum absolute atomic E-state index is 6.48. The van der Waals surface area contributed by atoms with Gasteiger partial charge in [-0.3, -0.25) is 9.80 Å². The summed E-state index contributed by atoms with van der Waals surface area (Å²) in [5.74, 6) is 0.361. The fourth-order valence-corrected chi connectivity index (χ4v) is 6.16. The Morgan fingerprint density at radius 1 is 1.00 bits per heavy atom. The summed E-state index contributed by atoms with van der Waals surface area (Å²) in [4.78, 5) is 5.03. The number of nitrogens with two attached hydrogens (primary N) is 2. The number of allylic oxidation sites excluding steroid dienone is 5. The molecular weight excluding hydrogens is 489 g/mol. The highest BCUT2D eigenvalue weighted by Crippen LogP contribution is 2.34. The van der Waals surface area contributed by atoms with Crippen molar-refractivity contribution in [1.82, 2.24) is 14.4 Å². The van der Waals surface area contributed by atoms with Crippen LogP contribution >= 0.6 is 23.2 Å². The first-order valence-electron chi connectivity index (χ1n) is 13.2. The average molecular weight is 527 g/mol. The van der Waals surface area contributed by atoms with E-state index in [0.717, 1.165) is 92.8 Å². The van der Waals surface area contributed by atoms with E-state index in [2.05, 4.69) is 57.0 Å². The van der Waals surface area contributed by atoms with Crippen LogP contribution in [-0.4, -0.2) is 53.6 Å². The number of nitrogens with zero attached hydrogens (tertiary/aromatic N) is 3. The van der Waals surface area contributed by atoms with Crippen LogP contribution in [0.4, 0.5) is 0 Å². The molecule has 0 bridgehead atoms. The molecule has 0 spiro atoms. The molecule has 2 heterocycles. The van der Waals surface area contributed by atoms with E-state index in [1.54, 1.807) is 0 Å². The number of piperazine rings is 1. The van der Waals surface area contributed by atoms with Crippen LogP contribution in [0.15, 0.2) is 70.0 Å². The standard InChI is InChI=1S/C29H37Cl2N5/c30-27-3-1-4-28(31)26(27)19-35-15-13-34(14-16-35)18-21-5-10-29-24(17-21)25(20-36(29)12-2-11-32)22-6-8-23(33)9-7-22/h3,5-6,8-10,17,20,22H,1-2,4,7,11-16,18-19,32-33H2. The van der Waals surface area contributed by atoms with Crippen LogP contribution in [-0.2, 0) is 13.1 Å². The van der Waals surface area contributed by atoms with Crippen LogP contribution < -0.4 is 11.5 Å². The van der Waals surface area contributed by atoms with Crippen molar-refractivity contribution in [2.75, 3.05) is 39.3 Å². The molecule has 36 heavy (non-hydrogen) atoms. The second kappa shape index (κ2) is 11.6. The van der Waals surface area contributed by atoms with Crippen LogP contribution in [0.1, 0.15) is 42.7 Å². The Hall–Kier alpha value is -2.02. The molecule has 1 aromatic carbocycles. The maximum Gasteiger partial charge on any atom is 0.0483 e. The summed E-state index contributed by atoms with van der Waals surface area (Å²) in [5, 5.41) is 3.12. The molecule has 0 saturated carbocycles. The summed E-state index contributed by atoms with van der Waals surface area (Å²) in [6, 6.07) is 7.00. The first-order chi connectivity index (χ1) is 17.5. The van der Waals surface area contributed by atoms with E-state index in [1.807, 2.05) is 6.08 Å². The molecule has 1 fully saturated rings. The van der Waals surface area contributed by atoms with Gasteiger partial charge >= 0.3 is 0 Å². The maximum atomic E-state index is 6.48. The summed E-state index contributed by atoms with van der Waals surface area (Å²) >= 11 is 12.9. The minimum atomic E-state index is 0.361. The molecule has 0 amide bonds. The normalized spacial score (nSPS) is 21.8. The van der Waals surface area contributed by atoms with Crippen LogP contribution in [0.2, 0.25) is 0 Å². The van der Waals surface area contributed by atoms with E-state index >= 15 is 0 Å². The SMILES string of the molecule is NCCCn1cc(C2C=CC(N)=CC2)c2cc(CN3CCN(CC4=C(Cl)CCC=C4Cl)CC3)ccc21. The van der Waals surface area contributed by atoms with Crippen molar-refractivity contribution in [3.8, 4) is 0 Å². The van der Waals surface area contributed by atoms with Crippen molar-refractivity contribution < 1.29 is 0 Å². The predicted octanol–water partition coefficient (Wildman–Crippen LogP) is 5.40. The number of rotatable bonds is 8. The van der Waals surface area contributed by atoms with Gasteiger partial charge in [-0.25, -0.2) is 0 Å². The molecule has 2 aliphatic carbocycles. The minimum absolute atomic E-state index is 0.361. The monoisotopic (exact) mass is 525 g/mol. The second-order valence-corrected chi connectivity index (χ2v) is 11.1. The predicted molar refractivity (Wildman–Crippen MR) is 152 cm³/mol. The van der Waals surface area contributed by atoms with Crippen LogP contribution in [0.5, 0.6) is 0 Å². The van der Waals surface area contributed by atoms with Gasteiger partial charge in [0.25, 0.3) is 0 Å². The molecule has 7 heteroatoms. The first-order valence-corrected chi connectivity index (χ1v) is 13.9. The number of aromatic nitrogens is 1. The smallest absolute Gasteiger partial charge is 0.0483 e. The van der Waals surface area contributed by atoms with Gasteiger partial charge in [0.05, 0.1) is 0 Å². The van der Waals surface area contributed by atoms with Crippen molar-refractivity contribution in [3.05, 3.63) is 81.2 Å². The van der Waals surface area contributed by atoms with E-state index in [4.69, 9.17) is 34.7 Å². The minimum Gasteiger partial charge on any atom is -0.399 e. The van der Waals surface area contributed by atoms with Gasteiger partial charge in [0.2, 0.25) is 0 Å². The zero-order valence-electron chi connectivity index (χ0n) is 20.9. The quantitative estimate of drug-likeness (QED) is 0.484. The number of hydrogen-bond donors (Lipinski definition) is 2. The van der Waals surface area contributed by atoms with Crippen LogP contribution in [0.25, 0.3) is 10.9 Å². The summed E-state index contributed by atoms with van der Waals surface area (Å²) in [7, 11) is 0. The lowest BCUT2D eigenvalue weighted by atomic mass is 9.91. The van der Waals surface area contributed by atoms with Crippen molar-refractivity contribution in [2.45, 2.75) is 44.7 Å². The number of benzene rings is 1. The molecule has 2 aromatic rings. The third-order valence-corrected chi connectivity index (χ3v) is 8.46. The fourth-order valence-electron chi connectivity index (χ4n) is 5.56. The third-order valence-electron chi connectivity index (χ3n) is 7.66. The Balaban J connectivity index is 1.28. The van der Waals surface area contributed by atoms with Gasteiger partial charge in [-0.15, -0.1) is 0 Å². The zero-order chi connectivity index (χ0) is 25.1. The Labute approximate surface area is 224 Å². The van der Waals surface area contributed by atoms with E-state index < -0.39 is 0 Å². The van der Waals surface area contributed by atoms with Crippen LogP contribution in [0, 0.1) is 0 Å². The summed E-state index contributed by atoms with van der Waals surface area (Å²) in [6.45, 7) is 7.61. The zero-order valence-corrected chi connectivity index (χ0v) is 22.4. The van der Waals surface area contributed by atoms with Crippen molar-refractivity contribution >= 4 is 34.1 Å². The van der Waals surface area contributed by atoms with Crippen molar-refractivity contribution in [3.63, 3.8) is 0 Å². The Kier molecular flexibility index (Phi) is 8.24. The van der Waals surface area contributed by atoms with Gasteiger partial charge in [0.1, 0.15) is 0 Å². The molecule has 1 aliphatic heterocycles.